The van der Waals surface area contributed by atoms with E-state index < -0.39 is 8.80 Å². The van der Waals surface area contributed by atoms with Crippen molar-refractivity contribution in [3.63, 3.8) is 0 Å². The summed E-state index contributed by atoms with van der Waals surface area (Å²) >= 11 is 0. The molecule has 0 atom stereocenters. The first-order valence-corrected chi connectivity index (χ1v) is 14.3. The molecular formula is C31H35NO3Si. The van der Waals surface area contributed by atoms with Crippen LogP contribution in [0.5, 0.6) is 17.2 Å². The lowest BCUT2D eigenvalue weighted by molar-refractivity contribution is 0.259. The van der Waals surface area contributed by atoms with Gasteiger partial charge in [-0.25, -0.2) is 0 Å². The van der Waals surface area contributed by atoms with Crippen LogP contribution in [0.4, 0.5) is 0 Å². The van der Waals surface area contributed by atoms with Crippen LogP contribution >= 0.6 is 0 Å². The van der Waals surface area contributed by atoms with Gasteiger partial charge in [0.15, 0.2) is 0 Å². The number of benzene rings is 4. The van der Waals surface area contributed by atoms with E-state index in [1.54, 1.807) is 0 Å². The first-order chi connectivity index (χ1) is 17.7. The lowest BCUT2D eigenvalue weighted by atomic mass is 10.2. The molecule has 0 heterocycles. The van der Waals surface area contributed by atoms with Crippen molar-refractivity contribution in [2.45, 2.75) is 25.8 Å². The maximum atomic E-state index is 6.35. The lowest BCUT2D eigenvalue weighted by Gasteiger charge is -2.30. The average molecular weight is 498 g/mol. The molecule has 0 aromatic heterocycles. The molecule has 0 spiro atoms. The molecule has 0 aliphatic heterocycles. The second kappa shape index (κ2) is 15.2. The molecule has 4 rings (SSSR count). The summed E-state index contributed by atoms with van der Waals surface area (Å²) in [5.74, 6) is 2.18. The molecule has 0 unspecified atom stereocenters. The number of nitrogens with two attached hydrogens (primary N) is 1. The predicted octanol–water partition coefficient (Wildman–Crippen LogP) is 7.62. The van der Waals surface area contributed by atoms with Gasteiger partial charge >= 0.3 is 8.80 Å². The molecule has 0 radical (unpaired) electrons. The molecule has 0 aliphatic rings. The predicted molar refractivity (Wildman–Crippen MR) is 151 cm³/mol. The molecule has 36 heavy (non-hydrogen) atoms. The van der Waals surface area contributed by atoms with Crippen molar-refractivity contribution in [1.82, 2.24) is 0 Å². The number of allylic oxidation sites excluding steroid dienone is 1. The molecule has 0 bridgehead atoms. The zero-order valence-electron chi connectivity index (χ0n) is 20.8. The van der Waals surface area contributed by atoms with Crippen LogP contribution in [-0.2, 0) is 0 Å². The fourth-order valence-electron chi connectivity index (χ4n) is 3.36. The highest BCUT2D eigenvalue weighted by Gasteiger charge is 2.48. The molecule has 4 aromatic rings. The molecule has 4 nitrogen and oxygen atoms in total. The van der Waals surface area contributed by atoms with Crippen molar-refractivity contribution in [2.24, 2.45) is 5.73 Å². The molecule has 186 valence electrons. The van der Waals surface area contributed by atoms with Crippen molar-refractivity contribution in [3.8, 4) is 17.2 Å². The minimum Gasteiger partial charge on any atom is -0.483 e. The van der Waals surface area contributed by atoms with E-state index in [4.69, 9.17) is 19.0 Å². The molecular weight excluding hydrogens is 462 g/mol. The van der Waals surface area contributed by atoms with Gasteiger partial charge in [0.2, 0.25) is 0 Å². The Balaban J connectivity index is 0.000000303. The SMILES string of the molecule is CCC=Cc1ccccc1.NCCC[Si](Oc1ccccc1)(Oc1ccccc1)Oc1ccccc1. The van der Waals surface area contributed by atoms with Crippen LogP contribution in [0, 0.1) is 0 Å². The quantitative estimate of drug-likeness (QED) is 0.217. The standard InChI is InChI=1S/C21H23NO3Si.C10H12/c22-17-10-18-26(23-19-11-4-1-5-12-19,24-20-13-6-2-7-14-20)25-21-15-8-3-9-16-21;1-2-3-7-10-8-5-4-6-9-10/h1-9,11-16H,10,17-18,22H2;3-9H,2H2,1H3. The summed E-state index contributed by atoms with van der Waals surface area (Å²) in [6.45, 7) is 2.68. The molecule has 0 aliphatic carbocycles. The van der Waals surface area contributed by atoms with Crippen LogP contribution in [0.2, 0.25) is 6.04 Å². The van der Waals surface area contributed by atoms with Gasteiger partial charge in [-0.1, -0.05) is 104 Å². The van der Waals surface area contributed by atoms with Gasteiger partial charge in [0, 0.05) is 0 Å². The molecule has 0 saturated carbocycles. The van der Waals surface area contributed by atoms with Gasteiger partial charge in [0.25, 0.3) is 0 Å². The molecule has 0 amide bonds. The zero-order chi connectivity index (χ0) is 25.3. The van der Waals surface area contributed by atoms with Gasteiger partial charge in [-0.05, 0) is 61.3 Å². The monoisotopic (exact) mass is 497 g/mol. The fraction of sp³-hybridized carbons (Fsp3) is 0.161. The Morgan fingerprint density at radius 3 is 1.36 bits per heavy atom. The van der Waals surface area contributed by atoms with Crippen LogP contribution in [0.15, 0.2) is 127 Å². The summed E-state index contributed by atoms with van der Waals surface area (Å²) in [6.07, 6.45) is 6.16. The fourth-order valence-corrected chi connectivity index (χ4v) is 5.91. The van der Waals surface area contributed by atoms with E-state index in [2.05, 4.69) is 43.3 Å². The third-order valence-corrected chi connectivity index (χ3v) is 7.69. The summed E-state index contributed by atoms with van der Waals surface area (Å²) in [5, 5.41) is 0. The average Bonchev–Trinajstić information content (AvgIpc) is 2.93. The number of hydrogen-bond donors (Lipinski definition) is 1. The highest BCUT2D eigenvalue weighted by molar-refractivity contribution is 6.63. The maximum absolute atomic E-state index is 6.35. The number of para-hydroxylation sites is 3. The van der Waals surface area contributed by atoms with E-state index >= 15 is 0 Å². The highest BCUT2D eigenvalue weighted by atomic mass is 28.4. The van der Waals surface area contributed by atoms with E-state index in [1.807, 2.05) is 97.1 Å². The summed E-state index contributed by atoms with van der Waals surface area (Å²) in [6, 6.07) is 39.9. The second-order valence-corrected chi connectivity index (χ2v) is 10.5. The van der Waals surface area contributed by atoms with Crippen LogP contribution in [0.1, 0.15) is 25.3 Å². The third-order valence-electron chi connectivity index (χ3n) is 5.08. The van der Waals surface area contributed by atoms with Crippen molar-refractivity contribution in [3.05, 3.63) is 133 Å². The Kier molecular flexibility index (Phi) is 11.3. The van der Waals surface area contributed by atoms with Crippen LogP contribution in [0.3, 0.4) is 0 Å². The first-order valence-electron chi connectivity index (χ1n) is 12.4. The second-order valence-electron chi connectivity index (χ2n) is 8.04. The largest absolute Gasteiger partial charge is 0.699 e. The van der Waals surface area contributed by atoms with Gasteiger partial charge in [0.05, 0.1) is 6.04 Å². The van der Waals surface area contributed by atoms with Crippen molar-refractivity contribution < 1.29 is 13.3 Å². The Morgan fingerprint density at radius 2 is 1.00 bits per heavy atom. The normalized spacial score (nSPS) is 10.8. The third kappa shape index (κ3) is 9.45. The zero-order valence-corrected chi connectivity index (χ0v) is 21.8. The molecule has 4 aromatic carbocycles. The van der Waals surface area contributed by atoms with Gasteiger partial charge in [-0.15, -0.1) is 0 Å². The number of hydrogen-bond acceptors (Lipinski definition) is 4. The van der Waals surface area contributed by atoms with E-state index in [1.165, 1.54) is 5.56 Å². The van der Waals surface area contributed by atoms with E-state index in [0.29, 0.717) is 12.6 Å². The van der Waals surface area contributed by atoms with Crippen LogP contribution in [0.25, 0.3) is 6.08 Å². The molecule has 5 heteroatoms. The number of rotatable bonds is 11. The summed E-state index contributed by atoms with van der Waals surface area (Å²) in [4.78, 5) is 0. The lowest BCUT2D eigenvalue weighted by Crippen LogP contribution is -2.55. The van der Waals surface area contributed by atoms with Crippen LogP contribution < -0.4 is 19.0 Å². The van der Waals surface area contributed by atoms with Gasteiger partial charge in [-0.2, -0.15) is 0 Å². The van der Waals surface area contributed by atoms with Crippen molar-refractivity contribution in [2.75, 3.05) is 6.54 Å². The maximum Gasteiger partial charge on any atom is 0.699 e. The molecule has 0 fully saturated rings. The summed E-state index contributed by atoms with van der Waals surface area (Å²) in [5.41, 5.74) is 7.05. The van der Waals surface area contributed by atoms with Crippen molar-refractivity contribution in [1.29, 1.82) is 0 Å². The van der Waals surface area contributed by atoms with Gasteiger partial charge < -0.3 is 19.0 Å². The smallest absolute Gasteiger partial charge is 0.483 e. The summed E-state index contributed by atoms with van der Waals surface area (Å²) in [7, 11) is -3.12. The van der Waals surface area contributed by atoms with Crippen molar-refractivity contribution >= 4 is 14.9 Å². The minimum atomic E-state index is -3.12. The molecule has 2 N–H and O–H groups in total. The molecule has 0 saturated heterocycles. The summed E-state index contributed by atoms with van der Waals surface area (Å²) < 4.78 is 19.1. The van der Waals surface area contributed by atoms with E-state index in [9.17, 15) is 0 Å². The van der Waals surface area contributed by atoms with E-state index in [0.717, 1.165) is 30.1 Å². The Morgan fingerprint density at radius 1 is 0.611 bits per heavy atom. The Labute approximate surface area is 216 Å². The topological polar surface area (TPSA) is 53.7 Å². The Bertz CT molecular complexity index is 1020. The van der Waals surface area contributed by atoms with Crippen LogP contribution in [-0.4, -0.2) is 15.3 Å². The van der Waals surface area contributed by atoms with Gasteiger partial charge in [0.1, 0.15) is 17.2 Å². The first kappa shape index (κ1) is 26.8. The Hall–Kier alpha value is -3.80. The minimum absolute atomic E-state index is 0.545. The van der Waals surface area contributed by atoms with Gasteiger partial charge in [-0.3, -0.25) is 0 Å². The highest BCUT2D eigenvalue weighted by Crippen LogP contribution is 2.27. The van der Waals surface area contributed by atoms with E-state index in [-0.39, 0.29) is 0 Å².